The van der Waals surface area contributed by atoms with Gasteiger partial charge in [0.2, 0.25) is 0 Å². The van der Waals surface area contributed by atoms with Crippen LogP contribution in [0.15, 0.2) is 18.2 Å². The highest BCUT2D eigenvalue weighted by Crippen LogP contribution is 2.59. The van der Waals surface area contributed by atoms with Gasteiger partial charge in [-0.15, -0.1) is 0 Å². The molecule has 0 aromatic heterocycles. The molecule has 0 radical (unpaired) electrons. The van der Waals surface area contributed by atoms with E-state index in [1.54, 1.807) is 12.1 Å². The van der Waals surface area contributed by atoms with Gasteiger partial charge in [0.05, 0.1) is 5.92 Å². The molecule has 0 N–H and O–H groups in total. The summed E-state index contributed by atoms with van der Waals surface area (Å²) in [5.74, 6) is -0.495. The van der Waals surface area contributed by atoms with Crippen LogP contribution in [0.4, 0.5) is 8.78 Å². The van der Waals surface area contributed by atoms with E-state index < -0.39 is 18.3 Å². The first-order valence-corrected chi connectivity index (χ1v) is 3.71. The van der Waals surface area contributed by atoms with E-state index in [0.29, 0.717) is 11.1 Å². The fraction of sp³-hybridized carbons (Fsp3) is 0.333. The third kappa shape index (κ3) is 0.442. The highest BCUT2D eigenvalue weighted by Gasteiger charge is 2.47. The van der Waals surface area contributed by atoms with Crippen molar-refractivity contribution in [1.82, 2.24) is 0 Å². The second-order valence-corrected chi connectivity index (χ2v) is 3.22. The number of rotatable bonds is 0. The summed E-state index contributed by atoms with van der Waals surface area (Å²) >= 11 is 0. The number of benzene rings is 1. The van der Waals surface area contributed by atoms with Gasteiger partial charge in [-0.2, -0.15) is 0 Å². The van der Waals surface area contributed by atoms with Crippen LogP contribution in [0.25, 0.3) is 0 Å². The summed E-state index contributed by atoms with van der Waals surface area (Å²) in [5, 5.41) is 0. The number of hydrogen-bond acceptors (Lipinski definition) is 0. The summed E-state index contributed by atoms with van der Waals surface area (Å²) in [6.07, 6.45) is -2.13. The first-order valence-electron chi connectivity index (χ1n) is 3.71. The van der Waals surface area contributed by atoms with Crippen LogP contribution in [0.1, 0.15) is 35.0 Å². The van der Waals surface area contributed by atoms with Crippen LogP contribution in [0, 0.1) is 0 Å². The smallest absolute Gasteiger partial charge is 0.135 e. The maximum Gasteiger partial charge on any atom is 0.135 e. The van der Waals surface area contributed by atoms with Gasteiger partial charge in [-0.25, -0.2) is 8.78 Å². The zero-order valence-corrected chi connectivity index (χ0v) is 5.72. The van der Waals surface area contributed by atoms with Gasteiger partial charge in [0.25, 0.3) is 0 Å². The van der Waals surface area contributed by atoms with Gasteiger partial charge in [0.1, 0.15) is 12.3 Å². The molecule has 0 saturated carbocycles. The first-order chi connectivity index (χ1) is 5.29. The molecule has 1 aromatic rings. The summed E-state index contributed by atoms with van der Waals surface area (Å²) in [4.78, 5) is 0. The molecule has 0 nitrogen and oxygen atoms in total. The zero-order valence-electron chi connectivity index (χ0n) is 5.72. The molecule has 56 valence electrons. The van der Waals surface area contributed by atoms with Gasteiger partial charge in [-0.1, -0.05) is 18.2 Å². The van der Waals surface area contributed by atoms with Gasteiger partial charge in [0, 0.05) is 0 Å². The minimum atomic E-state index is -1.06. The van der Waals surface area contributed by atoms with E-state index in [1.165, 1.54) is 0 Å². The van der Waals surface area contributed by atoms with Gasteiger partial charge in [0.15, 0.2) is 0 Å². The molecule has 4 bridgehead atoms. The Morgan fingerprint density at radius 3 is 2.18 bits per heavy atom. The third-order valence-corrected chi connectivity index (χ3v) is 2.72. The number of fused-ring (bicyclic) bond motifs is 1. The fourth-order valence-corrected chi connectivity index (χ4v) is 2.16. The maximum absolute atomic E-state index is 13.2. The lowest BCUT2D eigenvalue weighted by Gasteiger charge is -2.16. The molecule has 3 atom stereocenters. The molecule has 0 aliphatic heterocycles. The molecule has 0 amide bonds. The normalized spacial score (nSPS) is 37.1. The van der Waals surface area contributed by atoms with Crippen molar-refractivity contribution in [2.45, 2.75) is 18.3 Å². The molecule has 2 heteroatoms. The van der Waals surface area contributed by atoms with E-state index in [9.17, 15) is 8.78 Å². The van der Waals surface area contributed by atoms with Crippen molar-refractivity contribution >= 4 is 0 Å². The Morgan fingerprint density at radius 1 is 1.00 bits per heavy atom. The van der Waals surface area contributed by atoms with E-state index in [-0.39, 0.29) is 0 Å². The van der Waals surface area contributed by atoms with Gasteiger partial charge < -0.3 is 0 Å². The Bertz CT molecular complexity index is 332. The summed E-state index contributed by atoms with van der Waals surface area (Å²) < 4.78 is 26.3. The van der Waals surface area contributed by atoms with Crippen molar-refractivity contribution in [3.63, 3.8) is 0 Å². The summed E-state index contributed by atoms with van der Waals surface area (Å²) in [6, 6.07) is 5.30. The van der Waals surface area contributed by atoms with Crippen molar-refractivity contribution in [3.8, 4) is 0 Å². The average Bonchev–Trinajstić information content (AvgIpc) is 2.38. The quantitative estimate of drug-likeness (QED) is 0.536. The standard InChI is InChI=1S/C9H6F2/c10-8-5-2-1-4-3-6(5)9(11)7(4)8/h1-3,7-9H. The predicted molar refractivity (Wildman–Crippen MR) is 36.9 cm³/mol. The molecule has 0 spiro atoms. The highest BCUT2D eigenvalue weighted by atomic mass is 19.1. The first kappa shape index (κ1) is 5.70. The zero-order chi connectivity index (χ0) is 7.59. The molecular formula is C9H6F2. The largest absolute Gasteiger partial charge is 0.241 e. The molecule has 3 aliphatic rings. The lowest BCUT2D eigenvalue weighted by molar-refractivity contribution is 0.220. The topological polar surface area (TPSA) is 0 Å². The molecular weight excluding hydrogens is 146 g/mol. The Balaban J connectivity index is 2.39. The van der Waals surface area contributed by atoms with Crippen molar-refractivity contribution in [1.29, 1.82) is 0 Å². The number of hydrogen-bond donors (Lipinski definition) is 0. The SMILES string of the molecule is FC1c2ccc3cc2C(F)C31. The van der Waals surface area contributed by atoms with E-state index in [4.69, 9.17) is 0 Å². The highest BCUT2D eigenvalue weighted by molar-refractivity contribution is 5.51. The Labute approximate surface area is 62.8 Å². The molecule has 0 fully saturated rings. The lowest BCUT2D eigenvalue weighted by Crippen LogP contribution is -2.04. The molecule has 3 unspecified atom stereocenters. The van der Waals surface area contributed by atoms with Crippen LogP contribution >= 0.6 is 0 Å². The monoisotopic (exact) mass is 152 g/mol. The van der Waals surface area contributed by atoms with Crippen LogP contribution < -0.4 is 0 Å². The van der Waals surface area contributed by atoms with Crippen molar-refractivity contribution in [2.75, 3.05) is 0 Å². The Morgan fingerprint density at radius 2 is 1.73 bits per heavy atom. The van der Waals surface area contributed by atoms with Crippen LogP contribution in [0.2, 0.25) is 0 Å². The van der Waals surface area contributed by atoms with Crippen molar-refractivity contribution in [2.24, 2.45) is 0 Å². The maximum atomic E-state index is 13.2. The molecule has 0 saturated heterocycles. The van der Waals surface area contributed by atoms with E-state index in [0.717, 1.165) is 5.56 Å². The summed E-state index contributed by atoms with van der Waals surface area (Å²) in [5.41, 5.74) is 1.98. The second-order valence-electron chi connectivity index (χ2n) is 3.22. The number of alkyl halides is 2. The van der Waals surface area contributed by atoms with Gasteiger partial charge in [-0.05, 0) is 16.7 Å². The van der Waals surface area contributed by atoms with Gasteiger partial charge in [-0.3, -0.25) is 0 Å². The van der Waals surface area contributed by atoms with Crippen LogP contribution in [-0.4, -0.2) is 0 Å². The average molecular weight is 152 g/mol. The second kappa shape index (κ2) is 1.47. The van der Waals surface area contributed by atoms with E-state index >= 15 is 0 Å². The molecule has 0 heterocycles. The van der Waals surface area contributed by atoms with Crippen molar-refractivity contribution in [3.05, 3.63) is 34.9 Å². The van der Waals surface area contributed by atoms with Crippen molar-refractivity contribution < 1.29 is 8.78 Å². The van der Waals surface area contributed by atoms with Crippen LogP contribution in [-0.2, 0) is 0 Å². The van der Waals surface area contributed by atoms with E-state index in [1.807, 2.05) is 6.07 Å². The minimum absolute atomic E-state index is 0.495. The lowest BCUT2D eigenvalue weighted by atomic mass is 9.92. The third-order valence-electron chi connectivity index (χ3n) is 2.72. The molecule has 1 aromatic carbocycles. The fourth-order valence-electron chi connectivity index (χ4n) is 2.16. The van der Waals surface area contributed by atoms with E-state index in [2.05, 4.69) is 0 Å². The summed E-state index contributed by atoms with van der Waals surface area (Å²) in [6.45, 7) is 0. The Kier molecular flexibility index (Phi) is 0.761. The van der Waals surface area contributed by atoms with Crippen LogP contribution in [0.3, 0.4) is 0 Å². The van der Waals surface area contributed by atoms with Crippen LogP contribution in [0.5, 0.6) is 0 Å². The van der Waals surface area contributed by atoms with Gasteiger partial charge >= 0.3 is 0 Å². The Hall–Kier alpha value is -0.920. The predicted octanol–water partition coefficient (Wildman–Crippen LogP) is 2.82. The molecule has 11 heavy (non-hydrogen) atoms. The minimum Gasteiger partial charge on any atom is -0.241 e. The summed E-state index contributed by atoms with van der Waals surface area (Å²) in [7, 11) is 0. The number of halogens is 2. The molecule has 3 aliphatic carbocycles. The molecule has 4 rings (SSSR count).